The average Bonchev–Trinajstić information content (AvgIpc) is 2.43. The molecule has 0 aliphatic heterocycles. The van der Waals surface area contributed by atoms with Crippen molar-refractivity contribution in [2.24, 2.45) is 0 Å². The lowest BCUT2D eigenvalue weighted by molar-refractivity contribution is 0.474. The zero-order valence-corrected chi connectivity index (χ0v) is 14.3. The third-order valence-corrected chi connectivity index (χ3v) is 4.74. The fourth-order valence-corrected chi connectivity index (χ4v) is 3.48. The van der Waals surface area contributed by atoms with E-state index in [9.17, 15) is 5.11 Å². The van der Waals surface area contributed by atoms with E-state index in [2.05, 4.69) is 4.29 Å². The number of hydrogen-bond donors (Lipinski definition) is 1. The van der Waals surface area contributed by atoms with Gasteiger partial charge in [-0.05, 0) is 17.7 Å². The Morgan fingerprint density at radius 3 is 2.10 bits per heavy atom. The van der Waals surface area contributed by atoms with Crippen molar-refractivity contribution in [3.05, 3.63) is 56.5 Å². The molecular formula is C15H12Cl4O2. The van der Waals surface area contributed by atoms with E-state index in [1.165, 1.54) is 6.07 Å². The quantitative estimate of drug-likeness (QED) is 0.655. The summed E-state index contributed by atoms with van der Waals surface area (Å²) in [5, 5.41) is 10.3. The van der Waals surface area contributed by atoms with Crippen LogP contribution in [0.15, 0.2) is 30.3 Å². The summed E-state index contributed by atoms with van der Waals surface area (Å²) >= 11 is 24.2. The van der Waals surface area contributed by atoms with E-state index in [1.807, 2.05) is 26.0 Å². The fraction of sp³-hybridized carbons (Fsp3) is 0.200. The number of phenolic OH excluding ortho intramolecular Hbond substituents is 1. The van der Waals surface area contributed by atoms with Gasteiger partial charge in [0.25, 0.3) is 0 Å². The highest BCUT2D eigenvalue weighted by molar-refractivity contribution is 6.45. The van der Waals surface area contributed by atoms with E-state index in [-0.39, 0.29) is 21.5 Å². The Morgan fingerprint density at radius 2 is 1.57 bits per heavy atom. The van der Waals surface area contributed by atoms with Gasteiger partial charge < -0.3 is 9.40 Å². The number of hydrogen-bond acceptors (Lipinski definition) is 2. The molecule has 0 bridgehead atoms. The maximum absolute atomic E-state index is 9.41. The smallest absolute Gasteiger partial charge is 0.167 e. The second-order valence-corrected chi connectivity index (χ2v) is 6.43. The third kappa shape index (κ3) is 3.04. The van der Waals surface area contributed by atoms with Crippen LogP contribution in [0.3, 0.4) is 0 Å². The molecule has 0 amide bonds. The molecule has 2 aromatic rings. The maximum Gasteiger partial charge on any atom is 0.167 e. The van der Waals surface area contributed by atoms with Crippen LogP contribution >= 0.6 is 46.7 Å². The van der Waals surface area contributed by atoms with Gasteiger partial charge in [-0.15, -0.1) is 0 Å². The molecular weight excluding hydrogens is 354 g/mol. The molecule has 6 heteroatoms. The first kappa shape index (κ1) is 16.6. The molecule has 0 unspecified atom stereocenters. The molecule has 0 atom stereocenters. The highest BCUT2D eigenvalue weighted by Crippen LogP contribution is 2.47. The van der Waals surface area contributed by atoms with Crippen molar-refractivity contribution in [3.63, 3.8) is 0 Å². The summed E-state index contributed by atoms with van der Waals surface area (Å²) in [5.41, 5.74) is 1.08. The van der Waals surface area contributed by atoms with Gasteiger partial charge in [0, 0.05) is 17.0 Å². The molecule has 0 aliphatic rings. The summed E-state index contributed by atoms with van der Waals surface area (Å²) < 4.78 is 4.63. The van der Waals surface area contributed by atoms with E-state index in [4.69, 9.17) is 46.7 Å². The number of halogens is 4. The van der Waals surface area contributed by atoms with Gasteiger partial charge in [0.05, 0.1) is 10.0 Å². The highest BCUT2D eigenvalue weighted by Gasteiger charge is 2.30. The van der Waals surface area contributed by atoms with Crippen molar-refractivity contribution < 1.29 is 9.40 Å². The van der Waals surface area contributed by atoms with Gasteiger partial charge in [0.1, 0.15) is 22.6 Å². The predicted octanol–water partition coefficient (Wildman–Crippen LogP) is 6.21. The number of phenols is 1. The highest BCUT2D eigenvalue weighted by atomic mass is 35.5. The molecule has 0 spiro atoms. The largest absolute Gasteiger partial charge is 0.508 e. The lowest BCUT2D eigenvalue weighted by Gasteiger charge is -2.29. The molecule has 2 rings (SSSR count). The predicted molar refractivity (Wildman–Crippen MR) is 88.2 cm³/mol. The number of benzene rings is 2. The molecule has 0 saturated heterocycles. The lowest BCUT2D eigenvalue weighted by atomic mass is 9.78. The lowest BCUT2D eigenvalue weighted by Crippen LogP contribution is -2.20. The summed E-state index contributed by atoms with van der Waals surface area (Å²) in [6, 6.07) is 8.36. The van der Waals surface area contributed by atoms with Crippen molar-refractivity contribution >= 4 is 46.7 Å². The molecule has 21 heavy (non-hydrogen) atoms. The Morgan fingerprint density at radius 1 is 1.00 bits per heavy atom. The summed E-state index contributed by atoms with van der Waals surface area (Å²) in [4.78, 5) is 0. The molecule has 112 valence electrons. The first-order valence-electron chi connectivity index (χ1n) is 6.05. The van der Waals surface area contributed by atoms with Crippen molar-refractivity contribution in [3.8, 4) is 11.5 Å². The topological polar surface area (TPSA) is 29.5 Å². The molecule has 1 N–H and O–H groups in total. The van der Waals surface area contributed by atoms with Crippen LogP contribution in [0.1, 0.15) is 25.0 Å². The fourth-order valence-electron chi connectivity index (χ4n) is 2.22. The van der Waals surface area contributed by atoms with E-state index >= 15 is 0 Å². The van der Waals surface area contributed by atoms with Crippen LogP contribution in [0, 0.1) is 0 Å². The van der Waals surface area contributed by atoms with Crippen LogP contribution in [-0.4, -0.2) is 5.11 Å². The van der Waals surface area contributed by atoms with E-state index in [0.717, 1.165) is 5.56 Å². The van der Waals surface area contributed by atoms with Gasteiger partial charge >= 0.3 is 0 Å². The van der Waals surface area contributed by atoms with Crippen LogP contribution in [0.4, 0.5) is 0 Å². The second kappa shape index (κ2) is 6.13. The first-order chi connectivity index (χ1) is 9.78. The van der Waals surface area contributed by atoms with Gasteiger partial charge in [-0.25, -0.2) is 0 Å². The van der Waals surface area contributed by atoms with Crippen molar-refractivity contribution in [1.82, 2.24) is 0 Å². The van der Waals surface area contributed by atoms with Crippen LogP contribution < -0.4 is 4.29 Å². The van der Waals surface area contributed by atoms with Gasteiger partial charge in [0.15, 0.2) is 5.75 Å². The van der Waals surface area contributed by atoms with Crippen LogP contribution in [-0.2, 0) is 5.41 Å². The Hall–Kier alpha value is -0.800. The minimum atomic E-state index is -0.518. The molecule has 2 aromatic carbocycles. The molecule has 0 aromatic heterocycles. The van der Waals surface area contributed by atoms with E-state index in [0.29, 0.717) is 10.6 Å². The Balaban J connectivity index is 2.64. The molecule has 0 radical (unpaired) electrons. The van der Waals surface area contributed by atoms with Crippen LogP contribution in [0.2, 0.25) is 15.1 Å². The summed E-state index contributed by atoms with van der Waals surface area (Å²) in [5.74, 6) is 0.397. The van der Waals surface area contributed by atoms with E-state index < -0.39 is 5.41 Å². The number of rotatable bonds is 3. The minimum Gasteiger partial charge on any atom is -0.508 e. The first-order valence-corrected chi connectivity index (χ1v) is 7.49. The Bertz CT molecular complexity index is 666. The molecule has 2 nitrogen and oxygen atoms in total. The summed E-state index contributed by atoms with van der Waals surface area (Å²) in [6.07, 6.45) is 0. The number of aromatic hydroxyl groups is 1. The second-order valence-electron chi connectivity index (χ2n) is 5.11. The van der Waals surface area contributed by atoms with Crippen molar-refractivity contribution in [2.75, 3.05) is 0 Å². The zero-order valence-electron chi connectivity index (χ0n) is 11.3. The average molecular weight is 366 g/mol. The normalized spacial score (nSPS) is 11.5. The zero-order chi connectivity index (χ0) is 15.8. The molecule has 0 heterocycles. The van der Waals surface area contributed by atoms with Gasteiger partial charge in [-0.1, -0.05) is 60.8 Å². The third-order valence-electron chi connectivity index (χ3n) is 3.42. The Kier molecular flexibility index (Phi) is 4.84. The van der Waals surface area contributed by atoms with Crippen molar-refractivity contribution in [1.29, 1.82) is 0 Å². The monoisotopic (exact) mass is 364 g/mol. The molecule has 0 fully saturated rings. The summed E-state index contributed by atoms with van der Waals surface area (Å²) in [7, 11) is 0. The van der Waals surface area contributed by atoms with Gasteiger partial charge in [0.2, 0.25) is 0 Å². The molecule has 0 saturated carbocycles. The van der Waals surface area contributed by atoms with Gasteiger partial charge in [-0.3, -0.25) is 0 Å². The maximum atomic E-state index is 9.41. The van der Waals surface area contributed by atoms with Crippen LogP contribution in [0.25, 0.3) is 0 Å². The standard InChI is InChI=1S/C15H12Cl4O2/c1-15(2,8-3-5-9(20)6-4-8)12-10(16)7-11(21-19)13(17)14(12)18/h3-7,20H,1-2H3. The summed E-state index contributed by atoms with van der Waals surface area (Å²) in [6.45, 7) is 3.92. The molecule has 0 aliphatic carbocycles. The Labute approximate surface area is 143 Å². The van der Waals surface area contributed by atoms with E-state index in [1.54, 1.807) is 12.1 Å². The minimum absolute atomic E-state index is 0.190. The van der Waals surface area contributed by atoms with Crippen molar-refractivity contribution in [2.45, 2.75) is 19.3 Å². The van der Waals surface area contributed by atoms with Crippen LogP contribution in [0.5, 0.6) is 11.5 Å². The SMILES string of the molecule is CC(C)(c1ccc(O)cc1)c1c(Cl)cc(OCl)c(Cl)c1Cl. The van der Waals surface area contributed by atoms with Gasteiger partial charge in [-0.2, -0.15) is 0 Å².